The number of esters is 1. The fraction of sp³-hybridized carbons (Fsp3) is 0.182. The van der Waals surface area contributed by atoms with Gasteiger partial charge < -0.3 is 14.3 Å². The van der Waals surface area contributed by atoms with E-state index < -0.39 is 11.8 Å². The van der Waals surface area contributed by atoms with E-state index in [0.29, 0.717) is 5.56 Å². The van der Waals surface area contributed by atoms with Gasteiger partial charge in [0.25, 0.3) is 5.78 Å². The number of rotatable bonds is 3. The van der Waals surface area contributed by atoms with Crippen LogP contribution in [-0.2, 0) is 22.5 Å². The second-order valence-electron chi connectivity index (χ2n) is 6.72. The molecule has 0 unspecified atom stereocenters. The molecule has 0 aliphatic carbocycles. The lowest BCUT2D eigenvalue weighted by molar-refractivity contribution is -0.137. The molecule has 3 heterocycles. The van der Waals surface area contributed by atoms with Crippen LogP contribution in [0.15, 0.2) is 48.5 Å². The van der Waals surface area contributed by atoms with Crippen LogP contribution in [0, 0.1) is 0 Å². The van der Waals surface area contributed by atoms with Crippen molar-refractivity contribution in [3.63, 3.8) is 0 Å². The predicted octanol–water partition coefficient (Wildman–Crippen LogP) is 4.09. The van der Waals surface area contributed by atoms with Gasteiger partial charge in [-0.25, -0.2) is 4.79 Å². The average molecular weight is 358 g/mol. The normalized spacial score (nSPS) is 12.8. The lowest BCUT2D eigenvalue weighted by Gasteiger charge is -2.18. The molecule has 0 saturated carbocycles. The van der Waals surface area contributed by atoms with Crippen LogP contribution in [-0.4, -0.2) is 27.9 Å². The summed E-state index contributed by atoms with van der Waals surface area (Å²) in [5.41, 5.74) is 5.33. The third kappa shape index (κ3) is 2.18. The Hall–Kier alpha value is -3.34. The van der Waals surface area contributed by atoms with E-state index in [4.69, 9.17) is 4.74 Å². The van der Waals surface area contributed by atoms with E-state index in [0.717, 1.165) is 40.8 Å². The molecule has 0 spiro atoms. The van der Waals surface area contributed by atoms with Gasteiger partial charge >= 0.3 is 5.97 Å². The molecule has 4 aromatic rings. The Kier molecular flexibility index (Phi) is 3.44. The number of para-hydroxylation sites is 2. The van der Waals surface area contributed by atoms with Crippen molar-refractivity contribution < 1.29 is 14.3 Å². The number of aromatic nitrogens is 2. The van der Waals surface area contributed by atoms with Crippen molar-refractivity contribution in [2.45, 2.75) is 19.9 Å². The number of ether oxygens (including phenoxy) is 1. The molecule has 0 atom stereocenters. The zero-order valence-corrected chi connectivity index (χ0v) is 14.9. The van der Waals surface area contributed by atoms with E-state index in [1.807, 2.05) is 42.5 Å². The van der Waals surface area contributed by atoms with Gasteiger partial charge in [-0.2, -0.15) is 0 Å². The first-order valence-corrected chi connectivity index (χ1v) is 9.13. The number of aromatic amines is 1. The van der Waals surface area contributed by atoms with E-state index in [1.165, 1.54) is 10.9 Å². The van der Waals surface area contributed by atoms with Crippen LogP contribution in [0.4, 0.5) is 0 Å². The third-order valence-electron chi connectivity index (χ3n) is 5.29. The van der Waals surface area contributed by atoms with E-state index in [2.05, 4.69) is 15.6 Å². The number of nitrogens with zero attached hydrogens (tertiary/aromatic N) is 1. The molecule has 0 saturated heterocycles. The monoisotopic (exact) mass is 358 g/mol. The van der Waals surface area contributed by atoms with Gasteiger partial charge in [-0.1, -0.05) is 36.4 Å². The van der Waals surface area contributed by atoms with Gasteiger partial charge in [0, 0.05) is 28.4 Å². The summed E-state index contributed by atoms with van der Waals surface area (Å²) in [4.78, 5) is 28.7. The van der Waals surface area contributed by atoms with Gasteiger partial charge in [-0.15, -0.1) is 0 Å². The van der Waals surface area contributed by atoms with E-state index in [9.17, 15) is 9.59 Å². The largest absolute Gasteiger partial charge is 0.460 e. The molecule has 0 amide bonds. The van der Waals surface area contributed by atoms with Crippen molar-refractivity contribution in [1.82, 2.24) is 9.55 Å². The molecule has 2 aromatic carbocycles. The van der Waals surface area contributed by atoms with Crippen LogP contribution in [0.3, 0.4) is 0 Å². The van der Waals surface area contributed by atoms with Crippen molar-refractivity contribution >= 4 is 33.6 Å². The number of ketones is 1. The molecule has 2 aromatic heterocycles. The molecule has 0 fully saturated rings. The van der Waals surface area contributed by atoms with Gasteiger partial charge in [0.1, 0.15) is 0 Å². The lowest BCUT2D eigenvalue weighted by atomic mass is 9.98. The Balaban J connectivity index is 1.85. The first kappa shape index (κ1) is 15.9. The molecule has 1 aliphatic heterocycles. The number of hydrogen-bond acceptors (Lipinski definition) is 3. The number of H-pyrrole nitrogens is 1. The fourth-order valence-electron chi connectivity index (χ4n) is 4.21. The standard InChI is InChI=1S/C22H18N2O3/c1-2-27-22(26)21(25)18-15-8-4-6-10-17(15)24-12-11-14-13-7-3-5-9-16(13)23-19(14)20(18)24/h3-10,23H,2,11-12H2,1H3. The highest BCUT2D eigenvalue weighted by atomic mass is 16.5. The molecule has 1 N–H and O–H groups in total. The molecular weight excluding hydrogens is 340 g/mol. The SMILES string of the molecule is CCOC(=O)C(=O)c1c2n(c3ccccc13)CCc1c-2[nH]c2ccccc12. The number of aryl methyl sites for hydroxylation is 2. The summed E-state index contributed by atoms with van der Waals surface area (Å²) in [5, 5.41) is 1.95. The van der Waals surface area contributed by atoms with E-state index in [1.54, 1.807) is 6.92 Å². The van der Waals surface area contributed by atoms with Crippen molar-refractivity contribution in [1.29, 1.82) is 0 Å². The number of benzene rings is 2. The Morgan fingerprint density at radius 2 is 1.81 bits per heavy atom. The Bertz CT molecular complexity index is 1230. The highest BCUT2D eigenvalue weighted by Gasteiger charge is 2.32. The van der Waals surface area contributed by atoms with E-state index >= 15 is 0 Å². The zero-order valence-electron chi connectivity index (χ0n) is 14.9. The summed E-state index contributed by atoms with van der Waals surface area (Å²) in [6.07, 6.45) is 0.873. The number of carbonyl (C=O) groups is 2. The molecule has 1 aliphatic rings. The number of nitrogens with one attached hydrogen (secondary N) is 1. The maximum Gasteiger partial charge on any atom is 0.379 e. The minimum Gasteiger partial charge on any atom is -0.460 e. The first-order chi connectivity index (χ1) is 13.2. The van der Waals surface area contributed by atoms with Gasteiger partial charge in [-0.3, -0.25) is 4.79 Å². The number of Topliss-reactive ketones (excluding diaryl/α,β-unsaturated/α-hetero) is 1. The highest BCUT2D eigenvalue weighted by Crippen LogP contribution is 2.41. The van der Waals surface area contributed by atoms with Crippen LogP contribution in [0.25, 0.3) is 33.2 Å². The van der Waals surface area contributed by atoms with Crippen molar-refractivity contribution in [3.8, 4) is 11.4 Å². The minimum absolute atomic E-state index is 0.177. The lowest BCUT2D eigenvalue weighted by Crippen LogP contribution is -2.19. The minimum atomic E-state index is -0.806. The van der Waals surface area contributed by atoms with Gasteiger partial charge in [-0.05, 0) is 31.0 Å². The molecule has 0 bridgehead atoms. The van der Waals surface area contributed by atoms with Crippen molar-refractivity contribution in [2.75, 3.05) is 6.61 Å². The molecule has 134 valence electrons. The summed E-state index contributed by atoms with van der Waals surface area (Å²) < 4.78 is 7.14. The van der Waals surface area contributed by atoms with Crippen LogP contribution < -0.4 is 0 Å². The van der Waals surface area contributed by atoms with Crippen LogP contribution in [0.1, 0.15) is 22.8 Å². The topological polar surface area (TPSA) is 64.1 Å². The van der Waals surface area contributed by atoms with Crippen LogP contribution in [0.5, 0.6) is 0 Å². The van der Waals surface area contributed by atoms with Crippen molar-refractivity contribution in [3.05, 3.63) is 59.7 Å². The fourth-order valence-corrected chi connectivity index (χ4v) is 4.21. The quantitative estimate of drug-likeness (QED) is 0.341. The predicted molar refractivity (Wildman–Crippen MR) is 104 cm³/mol. The van der Waals surface area contributed by atoms with Crippen molar-refractivity contribution in [2.24, 2.45) is 0 Å². The van der Waals surface area contributed by atoms with Gasteiger partial charge in [0.2, 0.25) is 0 Å². The summed E-state index contributed by atoms with van der Waals surface area (Å²) in [6.45, 7) is 2.64. The zero-order chi connectivity index (χ0) is 18.5. The molecule has 5 nitrogen and oxygen atoms in total. The maximum atomic E-state index is 13.0. The second kappa shape index (κ2) is 5.84. The second-order valence-corrected chi connectivity index (χ2v) is 6.72. The van der Waals surface area contributed by atoms with Crippen LogP contribution in [0.2, 0.25) is 0 Å². The molecule has 27 heavy (non-hydrogen) atoms. The van der Waals surface area contributed by atoms with Gasteiger partial charge in [0.05, 0.1) is 23.6 Å². The molecule has 0 radical (unpaired) electrons. The molecular formula is C22H18N2O3. The first-order valence-electron chi connectivity index (χ1n) is 9.13. The maximum absolute atomic E-state index is 13.0. The van der Waals surface area contributed by atoms with Gasteiger partial charge in [0.15, 0.2) is 0 Å². The third-order valence-corrected chi connectivity index (χ3v) is 5.29. The number of fused-ring (bicyclic) bond motifs is 7. The summed E-state index contributed by atoms with van der Waals surface area (Å²) >= 11 is 0. The van der Waals surface area contributed by atoms with E-state index in [-0.39, 0.29) is 6.61 Å². The molecule has 5 rings (SSSR count). The smallest absolute Gasteiger partial charge is 0.379 e. The summed E-state index contributed by atoms with van der Waals surface area (Å²) in [7, 11) is 0. The summed E-state index contributed by atoms with van der Waals surface area (Å²) in [5.74, 6) is -1.40. The highest BCUT2D eigenvalue weighted by molar-refractivity contribution is 6.44. The number of carbonyl (C=O) groups excluding carboxylic acids is 2. The number of hydrogen-bond donors (Lipinski definition) is 1. The Labute approximate surface area is 155 Å². The molecule has 5 heteroatoms. The van der Waals surface area contributed by atoms with Crippen LogP contribution >= 0.6 is 0 Å². The Morgan fingerprint density at radius 3 is 2.63 bits per heavy atom. The summed E-state index contributed by atoms with van der Waals surface area (Å²) in [6, 6.07) is 15.9. The Morgan fingerprint density at radius 1 is 1.07 bits per heavy atom. The average Bonchev–Trinajstić information content (AvgIpc) is 3.23.